The second-order valence-electron chi connectivity index (χ2n) is 5.65. The standard InChI is InChI=1S/C16H16FN5O3/c1-8-15(22-25-21-8)20-16(24)14(19-9(2)23)5-10-7-18-13-6-11(17)3-4-12(10)13/h3-4,6-7,14,18H,5H2,1-2H3,(H,19,23)(H,20,22,24)/t14-/m0/s1. The maximum atomic E-state index is 13.3. The average Bonchev–Trinajstić information content (AvgIpc) is 3.13. The Kier molecular flexibility index (Phi) is 4.46. The molecule has 1 atom stereocenters. The third-order valence-electron chi connectivity index (χ3n) is 3.74. The number of carbonyl (C=O) groups excluding carboxylic acids is 2. The molecule has 0 aliphatic rings. The number of amides is 2. The van der Waals surface area contributed by atoms with Crippen molar-refractivity contribution in [2.24, 2.45) is 0 Å². The molecule has 0 unspecified atom stereocenters. The van der Waals surface area contributed by atoms with E-state index in [-0.39, 0.29) is 24.0 Å². The van der Waals surface area contributed by atoms with Crippen molar-refractivity contribution in [3.8, 4) is 0 Å². The Morgan fingerprint density at radius 2 is 2.16 bits per heavy atom. The highest BCUT2D eigenvalue weighted by atomic mass is 19.1. The number of hydrogen-bond donors (Lipinski definition) is 3. The van der Waals surface area contributed by atoms with Gasteiger partial charge in [-0.05, 0) is 35.8 Å². The minimum absolute atomic E-state index is 0.196. The molecule has 1 aromatic carbocycles. The normalized spacial score (nSPS) is 12.1. The summed E-state index contributed by atoms with van der Waals surface area (Å²) in [5.74, 6) is -0.959. The first-order valence-corrected chi connectivity index (χ1v) is 7.56. The maximum absolute atomic E-state index is 13.3. The summed E-state index contributed by atoms with van der Waals surface area (Å²) in [4.78, 5) is 26.9. The van der Waals surface area contributed by atoms with E-state index in [1.165, 1.54) is 19.1 Å². The fourth-order valence-electron chi connectivity index (χ4n) is 2.55. The minimum Gasteiger partial charge on any atom is -0.361 e. The van der Waals surface area contributed by atoms with E-state index in [2.05, 4.69) is 30.6 Å². The zero-order valence-electron chi connectivity index (χ0n) is 13.6. The predicted octanol–water partition coefficient (Wildman–Crippen LogP) is 1.68. The lowest BCUT2D eigenvalue weighted by molar-refractivity contribution is -0.125. The van der Waals surface area contributed by atoms with Crippen molar-refractivity contribution >= 4 is 28.5 Å². The highest BCUT2D eigenvalue weighted by Gasteiger charge is 2.23. The van der Waals surface area contributed by atoms with Crippen LogP contribution in [-0.4, -0.2) is 33.2 Å². The van der Waals surface area contributed by atoms with E-state index in [1.807, 2.05) is 0 Å². The van der Waals surface area contributed by atoms with Crippen LogP contribution in [0.3, 0.4) is 0 Å². The lowest BCUT2D eigenvalue weighted by Gasteiger charge is -2.16. The zero-order chi connectivity index (χ0) is 18.0. The van der Waals surface area contributed by atoms with Gasteiger partial charge in [0.15, 0.2) is 5.82 Å². The number of nitrogens with one attached hydrogen (secondary N) is 3. The van der Waals surface area contributed by atoms with Crippen LogP contribution >= 0.6 is 0 Å². The van der Waals surface area contributed by atoms with E-state index in [0.29, 0.717) is 11.2 Å². The second kappa shape index (κ2) is 6.71. The predicted molar refractivity (Wildman–Crippen MR) is 87.2 cm³/mol. The lowest BCUT2D eigenvalue weighted by Crippen LogP contribution is -2.44. The quantitative estimate of drug-likeness (QED) is 0.651. The summed E-state index contributed by atoms with van der Waals surface area (Å²) in [6.07, 6.45) is 1.91. The largest absolute Gasteiger partial charge is 0.361 e. The highest BCUT2D eigenvalue weighted by molar-refractivity contribution is 5.97. The van der Waals surface area contributed by atoms with Crippen LogP contribution in [0.5, 0.6) is 0 Å². The van der Waals surface area contributed by atoms with Gasteiger partial charge in [0.2, 0.25) is 11.8 Å². The van der Waals surface area contributed by atoms with Gasteiger partial charge in [-0.2, -0.15) is 0 Å². The number of anilines is 1. The number of aromatic nitrogens is 3. The number of benzene rings is 1. The molecule has 8 nitrogen and oxygen atoms in total. The Bertz CT molecular complexity index is 933. The summed E-state index contributed by atoms with van der Waals surface area (Å²) in [6.45, 7) is 2.96. The smallest absolute Gasteiger partial charge is 0.248 e. The Morgan fingerprint density at radius 3 is 2.84 bits per heavy atom. The van der Waals surface area contributed by atoms with Crippen molar-refractivity contribution in [2.45, 2.75) is 26.3 Å². The molecule has 2 heterocycles. The molecule has 3 N–H and O–H groups in total. The average molecular weight is 345 g/mol. The SMILES string of the molecule is CC(=O)N[C@@H](Cc1c[nH]c2cc(F)ccc12)C(=O)Nc1nonc1C. The molecular weight excluding hydrogens is 329 g/mol. The minimum atomic E-state index is -0.836. The van der Waals surface area contributed by atoms with Crippen LogP contribution in [-0.2, 0) is 16.0 Å². The molecule has 2 amide bonds. The number of halogens is 1. The fraction of sp³-hybridized carbons (Fsp3) is 0.250. The number of nitrogens with zero attached hydrogens (tertiary/aromatic N) is 2. The Morgan fingerprint density at radius 1 is 1.36 bits per heavy atom. The van der Waals surface area contributed by atoms with E-state index in [0.717, 1.165) is 10.9 Å². The Balaban J connectivity index is 1.83. The molecule has 0 aliphatic carbocycles. The van der Waals surface area contributed by atoms with Crippen molar-refractivity contribution in [2.75, 3.05) is 5.32 Å². The number of carbonyl (C=O) groups is 2. The molecule has 0 saturated carbocycles. The van der Waals surface area contributed by atoms with Gasteiger partial charge >= 0.3 is 0 Å². The van der Waals surface area contributed by atoms with E-state index < -0.39 is 11.9 Å². The van der Waals surface area contributed by atoms with Crippen LogP contribution in [0.2, 0.25) is 0 Å². The van der Waals surface area contributed by atoms with Crippen molar-refractivity contribution in [1.29, 1.82) is 0 Å². The van der Waals surface area contributed by atoms with E-state index in [4.69, 9.17) is 0 Å². The maximum Gasteiger partial charge on any atom is 0.248 e. The van der Waals surface area contributed by atoms with Gasteiger partial charge in [-0.15, -0.1) is 0 Å². The third kappa shape index (κ3) is 3.65. The van der Waals surface area contributed by atoms with E-state index >= 15 is 0 Å². The molecule has 25 heavy (non-hydrogen) atoms. The summed E-state index contributed by atoms with van der Waals surface area (Å²) in [5.41, 5.74) is 1.82. The molecule has 0 radical (unpaired) electrons. The van der Waals surface area contributed by atoms with Crippen LogP contribution in [0.4, 0.5) is 10.2 Å². The second-order valence-corrected chi connectivity index (χ2v) is 5.65. The fourth-order valence-corrected chi connectivity index (χ4v) is 2.55. The third-order valence-corrected chi connectivity index (χ3v) is 3.74. The summed E-state index contributed by atoms with van der Waals surface area (Å²) >= 11 is 0. The van der Waals surface area contributed by atoms with Crippen molar-refractivity contribution in [3.63, 3.8) is 0 Å². The molecule has 0 fully saturated rings. The monoisotopic (exact) mass is 345 g/mol. The number of rotatable bonds is 5. The molecule has 0 saturated heterocycles. The topological polar surface area (TPSA) is 113 Å². The van der Waals surface area contributed by atoms with Crippen LogP contribution in [0.25, 0.3) is 10.9 Å². The van der Waals surface area contributed by atoms with Gasteiger partial charge < -0.3 is 15.6 Å². The molecule has 3 rings (SSSR count). The zero-order valence-corrected chi connectivity index (χ0v) is 13.6. The lowest BCUT2D eigenvalue weighted by atomic mass is 10.0. The summed E-state index contributed by atoms with van der Waals surface area (Å²) in [7, 11) is 0. The molecule has 130 valence electrons. The molecule has 3 aromatic rings. The van der Waals surface area contributed by atoms with Gasteiger partial charge in [0.1, 0.15) is 17.6 Å². The number of aromatic amines is 1. The summed E-state index contributed by atoms with van der Waals surface area (Å²) < 4.78 is 17.8. The van der Waals surface area contributed by atoms with Gasteiger partial charge in [0, 0.05) is 30.4 Å². The van der Waals surface area contributed by atoms with Gasteiger partial charge in [0.05, 0.1) is 0 Å². The highest BCUT2D eigenvalue weighted by Crippen LogP contribution is 2.21. The van der Waals surface area contributed by atoms with Crippen LogP contribution in [0.1, 0.15) is 18.2 Å². The molecule has 0 aliphatic heterocycles. The molecule has 0 spiro atoms. The van der Waals surface area contributed by atoms with Gasteiger partial charge in [-0.3, -0.25) is 9.59 Å². The van der Waals surface area contributed by atoms with Gasteiger partial charge in [-0.25, -0.2) is 9.02 Å². The van der Waals surface area contributed by atoms with Crippen LogP contribution in [0, 0.1) is 12.7 Å². The first-order valence-electron chi connectivity index (χ1n) is 7.56. The summed E-state index contributed by atoms with van der Waals surface area (Å²) in [6, 6.07) is 3.51. The number of fused-ring (bicyclic) bond motifs is 1. The first kappa shape index (κ1) is 16.6. The van der Waals surface area contributed by atoms with E-state index in [1.54, 1.807) is 19.2 Å². The Labute approximate surface area is 141 Å². The van der Waals surface area contributed by atoms with Crippen molar-refractivity contribution in [3.05, 3.63) is 41.5 Å². The summed E-state index contributed by atoms with van der Waals surface area (Å²) in [5, 5.41) is 13.1. The van der Waals surface area contributed by atoms with Crippen LogP contribution in [0.15, 0.2) is 29.0 Å². The van der Waals surface area contributed by atoms with Gasteiger partial charge in [-0.1, -0.05) is 5.16 Å². The van der Waals surface area contributed by atoms with Crippen molar-refractivity contribution < 1.29 is 18.6 Å². The van der Waals surface area contributed by atoms with Crippen LogP contribution < -0.4 is 10.6 Å². The Hall–Kier alpha value is -3.23. The number of H-pyrrole nitrogens is 1. The molecule has 2 aromatic heterocycles. The molecular formula is C16H16FN5O3. The van der Waals surface area contributed by atoms with Crippen molar-refractivity contribution in [1.82, 2.24) is 20.6 Å². The van der Waals surface area contributed by atoms with Gasteiger partial charge in [0.25, 0.3) is 0 Å². The van der Waals surface area contributed by atoms with E-state index in [9.17, 15) is 14.0 Å². The molecule has 0 bridgehead atoms. The molecule has 9 heteroatoms. The first-order chi connectivity index (χ1) is 11.9. The number of aryl methyl sites for hydroxylation is 1. The number of hydrogen-bond acceptors (Lipinski definition) is 5.